The van der Waals surface area contributed by atoms with Gasteiger partial charge in [0.2, 0.25) is 0 Å². The molecule has 1 saturated heterocycles. The molecule has 0 aromatic heterocycles. The van der Waals surface area contributed by atoms with Crippen molar-refractivity contribution in [2.45, 2.75) is 37.6 Å². The van der Waals surface area contributed by atoms with Crippen LogP contribution in [0, 0.1) is 0 Å². The normalized spacial score (nSPS) is 18.7. The number of nitrogens with zero attached hydrogens (tertiary/aromatic N) is 2. The number of rotatable bonds is 6. The van der Waals surface area contributed by atoms with Crippen LogP contribution in [0.15, 0.2) is 18.2 Å². The number of halogens is 3. The molecule has 1 aliphatic heterocycles. The van der Waals surface area contributed by atoms with E-state index >= 15 is 0 Å². The summed E-state index contributed by atoms with van der Waals surface area (Å²) >= 11 is 19.4. The zero-order chi connectivity index (χ0) is 18.8. The molecule has 0 spiro atoms. The van der Waals surface area contributed by atoms with E-state index in [9.17, 15) is 9.59 Å². The van der Waals surface area contributed by atoms with Gasteiger partial charge >= 0.3 is 5.97 Å². The molecule has 0 bridgehead atoms. The van der Waals surface area contributed by atoms with Crippen LogP contribution in [0.4, 0.5) is 0 Å². The Hall–Kier alpha value is -0.660. The fourth-order valence-corrected chi connectivity index (χ4v) is 3.91. The number of ether oxygens (including phenoxy) is 1. The number of hydrogen-bond donors (Lipinski definition) is 0. The van der Waals surface area contributed by atoms with Crippen LogP contribution in [0.3, 0.4) is 0 Å². The van der Waals surface area contributed by atoms with Crippen LogP contribution in [0.5, 0.6) is 0 Å². The summed E-state index contributed by atoms with van der Waals surface area (Å²) in [6, 6.07) is 4.44. The Labute approximate surface area is 166 Å². The topological polar surface area (TPSA) is 49.9 Å². The Morgan fingerprint density at radius 2 is 1.92 bits per heavy atom. The van der Waals surface area contributed by atoms with Gasteiger partial charge < -0.3 is 4.74 Å². The first-order valence-corrected chi connectivity index (χ1v) is 9.49. The molecule has 1 unspecified atom stereocenters. The maximum Gasteiger partial charge on any atom is 0.342 e. The van der Waals surface area contributed by atoms with E-state index in [2.05, 4.69) is 0 Å². The molecule has 1 aromatic carbocycles. The van der Waals surface area contributed by atoms with E-state index in [0.717, 1.165) is 0 Å². The first-order chi connectivity index (χ1) is 11.6. The smallest absolute Gasteiger partial charge is 0.342 e. The predicted octanol–water partition coefficient (Wildman–Crippen LogP) is 4.61. The van der Waals surface area contributed by atoms with Crippen LogP contribution >= 0.6 is 46.9 Å². The van der Waals surface area contributed by atoms with Crippen LogP contribution in [0.25, 0.3) is 0 Å². The summed E-state index contributed by atoms with van der Waals surface area (Å²) in [5, 5.41) is 0.412. The van der Waals surface area contributed by atoms with E-state index in [1.165, 1.54) is 16.4 Å². The first-order valence-electron chi connectivity index (χ1n) is 7.62. The summed E-state index contributed by atoms with van der Waals surface area (Å²) in [4.78, 5) is 24.3. The average molecular weight is 426 g/mol. The van der Waals surface area contributed by atoms with E-state index in [1.807, 2.05) is 25.2 Å². The van der Waals surface area contributed by atoms with E-state index in [0.29, 0.717) is 12.8 Å². The van der Waals surface area contributed by atoms with Crippen LogP contribution in [-0.4, -0.2) is 45.2 Å². The molecular formula is C16H19Cl3N2O3S. The molecule has 9 heteroatoms. The lowest BCUT2D eigenvalue weighted by Gasteiger charge is -2.19. The number of carbonyl (C=O) groups excluding carboxylic acids is 2. The van der Waals surface area contributed by atoms with Gasteiger partial charge in [0.05, 0.1) is 15.6 Å². The highest BCUT2D eigenvalue weighted by molar-refractivity contribution is 7.95. The average Bonchev–Trinajstić information content (AvgIpc) is 2.76. The van der Waals surface area contributed by atoms with Crippen molar-refractivity contribution in [1.29, 1.82) is 0 Å². The van der Waals surface area contributed by atoms with Gasteiger partial charge in [-0.1, -0.05) is 29.3 Å². The third-order valence-corrected chi connectivity index (χ3v) is 5.50. The summed E-state index contributed by atoms with van der Waals surface area (Å²) in [5.41, 5.74) is 0.0938. The van der Waals surface area contributed by atoms with Crippen molar-refractivity contribution in [3.63, 3.8) is 0 Å². The molecule has 1 fully saturated rings. The van der Waals surface area contributed by atoms with Crippen molar-refractivity contribution in [3.05, 3.63) is 33.8 Å². The minimum Gasteiger partial charge on any atom is -0.440 e. The lowest BCUT2D eigenvalue weighted by Crippen LogP contribution is -2.33. The summed E-state index contributed by atoms with van der Waals surface area (Å²) in [6.07, 6.45) is 1.32. The minimum atomic E-state index is -0.669. The third kappa shape index (κ3) is 5.41. The number of alkyl halides is 1. The summed E-state index contributed by atoms with van der Waals surface area (Å²) in [5.74, 6) is -0.788. The number of carbonyl (C=O) groups is 2. The van der Waals surface area contributed by atoms with E-state index in [-0.39, 0.29) is 39.2 Å². The standard InChI is InChI=1S/C16H19Cl3N2O3S/c1-16(2,19)8-7-12-14(22)21(25-20(12)3)9-24-15(23)13-10(17)5-4-6-11(13)18/h4-6,12H,7-9H2,1-3H3. The van der Waals surface area contributed by atoms with Crippen molar-refractivity contribution >= 4 is 58.8 Å². The molecule has 0 radical (unpaired) electrons. The monoisotopic (exact) mass is 424 g/mol. The Morgan fingerprint density at radius 1 is 1.32 bits per heavy atom. The van der Waals surface area contributed by atoms with Crippen molar-refractivity contribution in [2.75, 3.05) is 13.8 Å². The predicted molar refractivity (Wildman–Crippen MR) is 102 cm³/mol. The molecule has 1 aliphatic rings. The highest BCUT2D eigenvalue weighted by Gasteiger charge is 2.38. The van der Waals surface area contributed by atoms with Crippen LogP contribution < -0.4 is 0 Å². The second-order valence-electron chi connectivity index (χ2n) is 6.28. The molecule has 2 rings (SSSR count). The Kier molecular flexibility index (Phi) is 6.90. The molecule has 1 atom stereocenters. The Bertz CT molecular complexity index is 646. The maximum absolute atomic E-state index is 12.5. The maximum atomic E-state index is 12.5. The van der Waals surface area contributed by atoms with Crippen molar-refractivity contribution in [1.82, 2.24) is 8.61 Å². The molecule has 25 heavy (non-hydrogen) atoms. The number of benzene rings is 1. The van der Waals surface area contributed by atoms with Gasteiger partial charge in [-0.15, -0.1) is 11.6 Å². The van der Waals surface area contributed by atoms with Gasteiger partial charge in [-0.3, -0.25) is 4.79 Å². The van der Waals surface area contributed by atoms with E-state index in [1.54, 1.807) is 18.2 Å². The number of esters is 1. The highest BCUT2D eigenvalue weighted by atomic mass is 35.5. The molecule has 1 amide bonds. The third-order valence-electron chi connectivity index (χ3n) is 3.69. The van der Waals surface area contributed by atoms with Gasteiger partial charge in [-0.25, -0.2) is 13.4 Å². The molecule has 138 valence electrons. The lowest BCUT2D eigenvalue weighted by atomic mass is 10.0. The summed E-state index contributed by atoms with van der Waals surface area (Å²) in [6.45, 7) is 3.64. The second kappa shape index (κ2) is 8.35. The van der Waals surface area contributed by atoms with Crippen LogP contribution in [0.2, 0.25) is 10.0 Å². The van der Waals surface area contributed by atoms with Gasteiger partial charge in [-0.05, 0) is 38.8 Å². The SMILES string of the molecule is CN1SN(COC(=O)c2c(Cl)cccc2Cl)C(=O)C1CCC(C)(C)Cl. The van der Waals surface area contributed by atoms with Crippen LogP contribution in [0.1, 0.15) is 37.0 Å². The summed E-state index contributed by atoms with van der Waals surface area (Å²) < 4.78 is 8.44. The lowest BCUT2D eigenvalue weighted by molar-refractivity contribution is -0.130. The van der Waals surface area contributed by atoms with Gasteiger partial charge in [-0.2, -0.15) is 0 Å². The minimum absolute atomic E-state index is 0.0938. The fourth-order valence-electron chi connectivity index (χ4n) is 2.33. The molecule has 0 N–H and O–H groups in total. The highest BCUT2D eigenvalue weighted by Crippen LogP contribution is 2.33. The van der Waals surface area contributed by atoms with Gasteiger partial charge in [0.15, 0.2) is 6.73 Å². The fraction of sp³-hybridized carbons (Fsp3) is 0.500. The van der Waals surface area contributed by atoms with Gasteiger partial charge in [0.25, 0.3) is 5.91 Å². The van der Waals surface area contributed by atoms with E-state index in [4.69, 9.17) is 39.5 Å². The van der Waals surface area contributed by atoms with Crippen molar-refractivity contribution in [2.24, 2.45) is 0 Å². The second-order valence-corrected chi connectivity index (χ2v) is 9.29. The van der Waals surface area contributed by atoms with Gasteiger partial charge in [0, 0.05) is 24.1 Å². The first kappa shape index (κ1) is 20.6. The number of likely N-dealkylation sites (N-methyl/N-ethyl adjacent to an activating group) is 1. The zero-order valence-electron chi connectivity index (χ0n) is 14.1. The van der Waals surface area contributed by atoms with Crippen molar-refractivity contribution < 1.29 is 14.3 Å². The van der Waals surface area contributed by atoms with Gasteiger partial charge in [0.1, 0.15) is 6.04 Å². The van der Waals surface area contributed by atoms with E-state index < -0.39 is 5.97 Å². The molecule has 5 nitrogen and oxygen atoms in total. The largest absolute Gasteiger partial charge is 0.440 e. The molecule has 0 saturated carbocycles. The van der Waals surface area contributed by atoms with Crippen molar-refractivity contribution in [3.8, 4) is 0 Å². The van der Waals surface area contributed by atoms with Crippen LogP contribution in [-0.2, 0) is 9.53 Å². The molecule has 1 heterocycles. The molecule has 1 aromatic rings. The number of hydrogen-bond acceptors (Lipinski definition) is 5. The quantitative estimate of drug-likeness (QED) is 0.378. The molecule has 0 aliphatic carbocycles. The Balaban J connectivity index is 1.95. The molecular weight excluding hydrogens is 407 g/mol. The Morgan fingerprint density at radius 3 is 2.48 bits per heavy atom. The number of amides is 1. The summed E-state index contributed by atoms with van der Waals surface area (Å²) in [7, 11) is 1.82. The zero-order valence-corrected chi connectivity index (χ0v) is 17.2.